The molecular weight excluding hydrogens is 248 g/mol. The minimum Gasteiger partial charge on any atom is -0.497 e. The molecule has 1 aromatic heterocycles. The van der Waals surface area contributed by atoms with E-state index in [1.54, 1.807) is 7.11 Å². The quantitative estimate of drug-likeness (QED) is 0.660. The third-order valence-corrected chi connectivity index (χ3v) is 2.77. The van der Waals surface area contributed by atoms with Crippen molar-refractivity contribution in [3.63, 3.8) is 0 Å². The number of hydrogen-bond donors (Lipinski definition) is 1. The second-order valence-electron chi connectivity index (χ2n) is 4.09. The number of nitrogens with zero attached hydrogens (tertiary/aromatic N) is 1. The van der Waals surface area contributed by atoms with E-state index < -0.39 is 11.0 Å². The smallest absolute Gasteiger partial charge is 0.433 e. The van der Waals surface area contributed by atoms with Gasteiger partial charge in [0.1, 0.15) is 16.4 Å². The molecule has 0 spiro atoms. The van der Waals surface area contributed by atoms with Gasteiger partial charge in [-0.2, -0.15) is 0 Å². The van der Waals surface area contributed by atoms with Crippen LogP contribution >= 0.6 is 0 Å². The summed E-state index contributed by atoms with van der Waals surface area (Å²) in [6.07, 6.45) is 0.536. The maximum absolute atomic E-state index is 10.5. The molecule has 2 aromatic rings. The Morgan fingerprint density at radius 2 is 2.00 bits per heavy atom. The highest BCUT2D eigenvalue weighted by Gasteiger charge is 2.17. The van der Waals surface area contributed by atoms with Gasteiger partial charge in [-0.15, -0.1) is 0 Å². The van der Waals surface area contributed by atoms with E-state index in [0.717, 1.165) is 11.3 Å². The van der Waals surface area contributed by atoms with Crippen LogP contribution in [0.2, 0.25) is 0 Å². The van der Waals surface area contributed by atoms with Crippen molar-refractivity contribution in [3.05, 3.63) is 57.8 Å². The molecule has 0 saturated heterocycles. The van der Waals surface area contributed by atoms with Crippen LogP contribution < -0.4 is 10.5 Å². The maximum atomic E-state index is 10.5. The van der Waals surface area contributed by atoms with Crippen LogP contribution in [0.5, 0.6) is 5.75 Å². The Bertz CT molecular complexity index is 562. The van der Waals surface area contributed by atoms with E-state index in [1.807, 2.05) is 24.3 Å². The van der Waals surface area contributed by atoms with Gasteiger partial charge in [-0.25, -0.2) is 0 Å². The fourth-order valence-electron chi connectivity index (χ4n) is 1.76. The molecule has 19 heavy (non-hydrogen) atoms. The molecule has 0 aliphatic heterocycles. The molecule has 0 amide bonds. The van der Waals surface area contributed by atoms with Crippen LogP contribution in [0.3, 0.4) is 0 Å². The summed E-state index contributed by atoms with van der Waals surface area (Å²) >= 11 is 0. The van der Waals surface area contributed by atoms with Gasteiger partial charge in [0.25, 0.3) is 0 Å². The molecule has 2 rings (SSSR count). The van der Waals surface area contributed by atoms with Gasteiger partial charge in [0.2, 0.25) is 0 Å². The van der Waals surface area contributed by atoms with Crippen LogP contribution in [0, 0.1) is 10.1 Å². The van der Waals surface area contributed by atoms with Crippen LogP contribution in [0.15, 0.2) is 40.8 Å². The molecule has 1 unspecified atom stereocenters. The topological polar surface area (TPSA) is 91.5 Å². The highest BCUT2D eigenvalue weighted by atomic mass is 16.6. The van der Waals surface area contributed by atoms with Crippen molar-refractivity contribution in [2.45, 2.75) is 12.5 Å². The van der Waals surface area contributed by atoms with Crippen LogP contribution in [-0.4, -0.2) is 12.0 Å². The number of hydrogen-bond acceptors (Lipinski definition) is 5. The summed E-state index contributed by atoms with van der Waals surface area (Å²) in [7, 11) is 1.60. The standard InChI is InChI=1S/C13H14N2O4/c1-18-10-4-2-9(3-5-10)8-11(14)12-6-7-13(19-12)15(16)17/h2-7,11H,8,14H2,1H3. The second kappa shape index (κ2) is 5.53. The number of furan rings is 1. The van der Waals surface area contributed by atoms with E-state index in [4.69, 9.17) is 14.9 Å². The predicted molar refractivity (Wildman–Crippen MR) is 69.0 cm³/mol. The number of methoxy groups -OCH3 is 1. The lowest BCUT2D eigenvalue weighted by molar-refractivity contribution is -0.402. The number of ether oxygens (including phenoxy) is 1. The fourth-order valence-corrected chi connectivity index (χ4v) is 1.76. The Balaban J connectivity index is 2.06. The third kappa shape index (κ3) is 3.11. The van der Waals surface area contributed by atoms with Crippen LogP contribution in [-0.2, 0) is 6.42 Å². The molecular formula is C13H14N2O4. The first-order chi connectivity index (χ1) is 9.10. The predicted octanol–water partition coefficient (Wildman–Crippen LogP) is 2.44. The maximum Gasteiger partial charge on any atom is 0.433 e. The highest BCUT2D eigenvalue weighted by Crippen LogP contribution is 2.23. The first-order valence-electron chi connectivity index (χ1n) is 5.73. The molecule has 0 aliphatic rings. The Labute approximate surface area is 109 Å². The minimum atomic E-state index is -0.580. The molecule has 1 heterocycles. The molecule has 0 bridgehead atoms. The lowest BCUT2D eigenvalue weighted by Gasteiger charge is -2.08. The number of nitrogens with two attached hydrogens (primary N) is 1. The molecule has 100 valence electrons. The van der Waals surface area contributed by atoms with Gasteiger partial charge in [-0.05, 0) is 30.2 Å². The normalized spacial score (nSPS) is 12.1. The molecule has 0 aliphatic carbocycles. The molecule has 1 atom stereocenters. The van der Waals surface area contributed by atoms with Gasteiger partial charge in [0.05, 0.1) is 19.2 Å². The Hall–Kier alpha value is -2.34. The highest BCUT2D eigenvalue weighted by molar-refractivity contribution is 5.28. The monoisotopic (exact) mass is 262 g/mol. The van der Waals surface area contributed by atoms with Crippen molar-refractivity contribution >= 4 is 5.88 Å². The molecule has 2 N–H and O–H groups in total. The first kappa shape index (κ1) is 13.1. The Morgan fingerprint density at radius 1 is 1.32 bits per heavy atom. The van der Waals surface area contributed by atoms with E-state index in [0.29, 0.717) is 12.2 Å². The summed E-state index contributed by atoms with van der Waals surface area (Å²) in [5, 5.41) is 10.5. The van der Waals surface area contributed by atoms with Crippen molar-refractivity contribution in [2.75, 3.05) is 7.11 Å². The van der Waals surface area contributed by atoms with Crippen molar-refractivity contribution in [3.8, 4) is 5.75 Å². The number of rotatable bonds is 5. The summed E-state index contributed by atoms with van der Waals surface area (Å²) in [5.74, 6) is 0.883. The largest absolute Gasteiger partial charge is 0.497 e. The minimum absolute atomic E-state index is 0.291. The van der Waals surface area contributed by atoms with Gasteiger partial charge in [0, 0.05) is 0 Å². The lowest BCUT2D eigenvalue weighted by atomic mass is 10.0. The Kier molecular flexibility index (Phi) is 3.82. The van der Waals surface area contributed by atoms with Gasteiger partial charge < -0.3 is 14.9 Å². The number of benzene rings is 1. The van der Waals surface area contributed by atoms with Crippen molar-refractivity contribution in [2.24, 2.45) is 5.73 Å². The summed E-state index contributed by atoms with van der Waals surface area (Å²) in [5.41, 5.74) is 6.97. The van der Waals surface area contributed by atoms with Crippen molar-refractivity contribution in [1.29, 1.82) is 0 Å². The van der Waals surface area contributed by atoms with Crippen LogP contribution in [0.25, 0.3) is 0 Å². The van der Waals surface area contributed by atoms with E-state index >= 15 is 0 Å². The Morgan fingerprint density at radius 3 is 2.53 bits per heavy atom. The summed E-state index contributed by atoms with van der Waals surface area (Å²) < 4.78 is 10.1. The zero-order chi connectivity index (χ0) is 13.8. The van der Waals surface area contributed by atoms with Gasteiger partial charge in [-0.3, -0.25) is 10.1 Å². The summed E-state index contributed by atoms with van der Waals surface area (Å²) in [6, 6.07) is 9.91. The van der Waals surface area contributed by atoms with Gasteiger partial charge >= 0.3 is 5.88 Å². The molecule has 0 radical (unpaired) electrons. The van der Waals surface area contributed by atoms with Crippen molar-refractivity contribution < 1.29 is 14.1 Å². The van der Waals surface area contributed by atoms with Crippen LogP contribution in [0.1, 0.15) is 17.4 Å². The fraction of sp³-hybridized carbons (Fsp3) is 0.231. The molecule has 0 saturated carbocycles. The molecule has 6 nitrogen and oxygen atoms in total. The van der Waals surface area contributed by atoms with E-state index in [9.17, 15) is 10.1 Å². The summed E-state index contributed by atoms with van der Waals surface area (Å²) in [4.78, 5) is 9.94. The number of nitro groups is 1. The van der Waals surface area contributed by atoms with Gasteiger partial charge in [0.15, 0.2) is 0 Å². The van der Waals surface area contributed by atoms with E-state index in [2.05, 4.69) is 0 Å². The second-order valence-corrected chi connectivity index (χ2v) is 4.09. The van der Waals surface area contributed by atoms with E-state index in [-0.39, 0.29) is 5.88 Å². The summed E-state index contributed by atoms with van der Waals surface area (Å²) in [6.45, 7) is 0. The first-order valence-corrected chi connectivity index (χ1v) is 5.73. The molecule has 6 heteroatoms. The third-order valence-electron chi connectivity index (χ3n) is 2.77. The SMILES string of the molecule is COc1ccc(CC(N)c2ccc([N+](=O)[O-])o2)cc1. The van der Waals surface area contributed by atoms with Crippen LogP contribution in [0.4, 0.5) is 5.88 Å². The zero-order valence-corrected chi connectivity index (χ0v) is 10.4. The van der Waals surface area contributed by atoms with E-state index in [1.165, 1.54) is 12.1 Å². The van der Waals surface area contributed by atoms with Crippen molar-refractivity contribution in [1.82, 2.24) is 0 Å². The average Bonchev–Trinajstić information content (AvgIpc) is 2.89. The average molecular weight is 262 g/mol. The molecule has 0 fully saturated rings. The zero-order valence-electron chi connectivity index (χ0n) is 10.4. The lowest BCUT2D eigenvalue weighted by Crippen LogP contribution is -2.12. The molecule has 1 aromatic carbocycles. The van der Waals surface area contributed by atoms with Gasteiger partial charge in [-0.1, -0.05) is 12.1 Å².